The molecule has 4 rings (SSSR count). The van der Waals surface area contributed by atoms with Gasteiger partial charge in [-0.3, -0.25) is 9.69 Å². The van der Waals surface area contributed by atoms with Crippen LogP contribution >= 0.6 is 47.2 Å². The number of hydrogen-bond donors (Lipinski definition) is 0. The SMILES string of the molecule is O=C1/C(=C/c2ccc3c(c2)OCO3)SC(=S)N1Cc1ccc(Cl)c(Cl)c1. The van der Waals surface area contributed by atoms with Crippen molar-refractivity contribution in [1.29, 1.82) is 0 Å². The molecule has 2 aliphatic heterocycles. The third-order valence-corrected chi connectivity index (χ3v) is 6.01. The van der Waals surface area contributed by atoms with E-state index in [2.05, 4.69) is 0 Å². The highest BCUT2D eigenvalue weighted by molar-refractivity contribution is 8.26. The molecule has 2 aliphatic rings. The summed E-state index contributed by atoms with van der Waals surface area (Å²) in [6, 6.07) is 10.8. The molecule has 0 unspecified atom stereocenters. The Hall–Kier alpha value is -1.73. The van der Waals surface area contributed by atoms with Crippen LogP contribution in [0.3, 0.4) is 0 Å². The van der Waals surface area contributed by atoms with E-state index < -0.39 is 0 Å². The van der Waals surface area contributed by atoms with Gasteiger partial charge in [0.1, 0.15) is 4.32 Å². The minimum atomic E-state index is -0.135. The van der Waals surface area contributed by atoms with Crippen molar-refractivity contribution in [3.8, 4) is 11.5 Å². The number of thioether (sulfide) groups is 1. The highest BCUT2D eigenvalue weighted by Crippen LogP contribution is 2.37. The molecule has 4 nitrogen and oxygen atoms in total. The topological polar surface area (TPSA) is 38.8 Å². The average Bonchev–Trinajstić information content (AvgIpc) is 3.18. The maximum absolute atomic E-state index is 12.7. The van der Waals surface area contributed by atoms with Gasteiger partial charge in [-0.05, 0) is 41.5 Å². The van der Waals surface area contributed by atoms with Gasteiger partial charge < -0.3 is 9.47 Å². The fourth-order valence-corrected chi connectivity index (χ4v) is 4.19. The molecule has 0 bridgehead atoms. The summed E-state index contributed by atoms with van der Waals surface area (Å²) in [5.74, 6) is 1.24. The summed E-state index contributed by atoms with van der Waals surface area (Å²) < 4.78 is 11.2. The molecule has 0 spiro atoms. The number of hydrogen-bond acceptors (Lipinski definition) is 5. The summed E-state index contributed by atoms with van der Waals surface area (Å²) in [5, 5.41) is 0.925. The van der Waals surface area contributed by atoms with Gasteiger partial charge in [-0.1, -0.05) is 59.3 Å². The molecule has 1 fully saturated rings. The van der Waals surface area contributed by atoms with Gasteiger partial charge in [0, 0.05) is 0 Å². The van der Waals surface area contributed by atoms with Gasteiger partial charge in [0.05, 0.1) is 21.5 Å². The minimum Gasteiger partial charge on any atom is -0.454 e. The van der Waals surface area contributed by atoms with Gasteiger partial charge in [-0.2, -0.15) is 0 Å². The normalized spacial score (nSPS) is 17.5. The summed E-state index contributed by atoms with van der Waals surface area (Å²) in [7, 11) is 0. The molecule has 1 amide bonds. The van der Waals surface area contributed by atoms with Crippen LogP contribution in [0.25, 0.3) is 6.08 Å². The Bertz CT molecular complexity index is 961. The molecule has 2 aromatic carbocycles. The fourth-order valence-electron chi connectivity index (χ4n) is 2.61. The molecule has 8 heteroatoms. The second kappa shape index (κ2) is 7.12. The third kappa shape index (κ3) is 3.42. The number of amides is 1. The Morgan fingerprint density at radius 1 is 1.12 bits per heavy atom. The molecule has 2 aromatic rings. The minimum absolute atomic E-state index is 0.135. The zero-order valence-electron chi connectivity index (χ0n) is 13.2. The van der Waals surface area contributed by atoms with Crippen molar-refractivity contribution < 1.29 is 14.3 Å². The predicted octanol–water partition coefficient (Wildman–Crippen LogP) is 5.12. The zero-order valence-corrected chi connectivity index (χ0v) is 16.3. The van der Waals surface area contributed by atoms with Crippen LogP contribution in [-0.2, 0) is 11.3 Å². The van der Waals surface area contributed by atoms with Crippen LogP contribution in [0, 0.1) is 0 Å². The largest absolute Gasteiger partial charge is 0.454 e. The lowest BCUT2D eigenvalue weighted by atomic mass is 10.2. The molecule has 2 heterocycles. The maximum atomic E-state index is 12.7. The summed E-state index contributed by atoms with van der Waals surface area (Å²) in [6.07, 6.45) is 1.80. The number of nitrogens with zero attached hydrogens (tertiary/aromatic N) is 1. The molecular formula is C18H11Cl2NO3S2. The van der Waals surface area contributed by atoms with Crippen molar-refractivity contribution in [3.05, 3.63) is 62.5 Å². The van der Waals surface area contributed by atoms with Crippen molar-refractivity contribution in [2.45, 2.75) is 6.54 Å². The molecule has 0 N–H and O–H groups in total. The van der Waals surface area contributed by atoms with Crippen molar-refractivity contribution in [1.82, 2.24) is 4.90 Å². The number of rotatable bonds is 3. The lowest BCUT2D eigenvalue weighted by Crippen LogP contribution is -2.27. The maximum Gasteiger partial charge on any atom is 0.266 e. The Balaban J connectivity index is 1.55. The highest BCUT2D eigenvalue weighted by Gasteiger charge is 2.32. The predicted molar refractivity (Wildman–Crippen MR) is 108 cm³/mol. The van der Waals surface area contributed by atoms with Gasteiger partial charge in [-0.15, -0.1) is 0 Å². The highest BCUT2D eigenvalue weighted by atomic mass is 35.5. The third-order valence-electron chi connectivity index (χ3n) is 3.89. The van der Waals surface area contributed by atoms with E-state index in [4.69, 9.17) is 44.9 Å². The van der Waals surface area contributed by atoms with E-state index in [0.717, 1.165) is 11.1 Å². The van der Waals surface area contributed by atoms with E-state index in [1.54, 1.807) is 23.1 Å². The summed E-state index contributed by atoms with van der Waals surface area (Å²) in [4.78, 5) is 14.9. The van der Waals surface area contributed by atoms with Crippen molar-refractivity contribution >= 4 is 63.5 Å². The zero-order chi connectivity index (χ0) is 18.3. The van der Waals surface area contributed by atoms with E-state index in [0.29, 0.717) is 37.3 Å². The van der Waals surface area contributed by atoms with Gasteiger partial charge in [-0.25, -0.2) is 0 Å². The van der Waals surface area contributed by atoms with Gasteiger partial charge in [0.15, 0.2) is 11.5 Å². The van der Waals surface area contributed by atoms with Crippen LogP contribution in [0.4, 0.5) is 0 Å². The molecule has 0 radical (unpaired) electrons. The van der Waals surface area contributed by atoms with Crippen LogP contribution in [-0.4, -0.2) is 21.9 Å². The number of thiocarbonyl (C=S) groups is 1. The summed E-state index contributed by atoms with van der Waals surface area (Å²) in [5.41, 5.74) is 1.71. The molecule has 0 aromatic heterocycles. The number of carbonyl (C=O) groups is 1. The lowest BCUT2D eigenvalue weighted by Gasteiger charge is -2.14. The first-order chi connectivity index (χ1) is 12.5. The monoisotopic (exact) mass is 423 g/mol. The lowest BCUT2D eigenvalue weighted by molar-refractivity contribution is -0.122. The number of benzene rings is 2. The number of fused-ring (bicyclic) bond motifs is 1. The number of ether oxygens (including phenoxy) is 2. The van der Waals surface area contributed by atoms with Crippen LogP contribution in [0.15, 0.2) is 41.3 Å². The smallest absolute Gasteiger partial charge is 0.266 e. The summed E-state index contributed by atoms with van der Waals surface area (Å²) >= 11 is 18.6. The Morgan fingerprint density at radius 2 is 1.92 bits per heavy atom. The molecular weight excluding hydrogens is 413 g/mol. The van der Waals surface area contributed by atoms with Crippen molar-refractivity contribution in [3.63, 3.8) is 0 Å². The number of halogens is 2. The molecule has 132 valence electrons. The molecule has 0 atom stereocenters. The first-order valence-electron chi connectivity index (χ1n) is 7.60. The van der Waals surface area contributed by atoms with Gasteiger partial charge in [0.25, 0.3) is 5.91 Å². The first kappa shape index (κ1) is 17.7. The summed E-state index contributed by atoms with van der Waals surface area (Å²) in [6.45, 7) is 0.560. The molecule has 0 saturated carbocycles. The first-order valence-corrected chi connectivity index (χ1v) is 9.58. The van der Waals surface area contributed by atoms with Crippen LogP contribution in [0.1, 0.15) is 11.1 Å². The van der Waals surface area contributed by atoms with Crippen LogP contribution < -0.4 is 9.47 Å². The quantitative estimate of drug-likeness (QED) is 0.505. The average molecular weight is 424 g/mol. The fraction of sp³-hybridized carbons (Fsp3) is 0.111. The molecule has 26 heavy (non-hydrogen) atoms. The second-order valence-corrected chi connectivity index (χ2v) is 8.12. The van der Waals surface area contributed by atoms with Crippen LogP contribution in [0.5, 0.6) is 11.5 Å². The van der Waals surface area contributed by atoms with E-state index in [9.17, 15) is 4.79 Å². The van der Waals surface area contributed by atoms with Crippen molar-refractivity contribution in [2.24, 2.45) is 0 Å². The van der Waals surface area contributed by atoms with Gasteiger partial charge >= 0.3 is 0 Å². The van der Waals surface area contributed by atoms with E-state index >= 15 is 0 Å². The van der Waals surface area contributed by atoms with E-state index in [1.807, 2.05) is 24.3 Å². The van der Waals surface area contributed by atoms with Crippen molar-refractivity contribution in [2.75, 3.05) is 6.79 Å². The second-order valence-electron chi connectivity index (χ2n) is 5.63. The van der Waals surface area contributed by atoms with Crippen LogP contribution in [0.2, 0.25) is 10.0 Å². The Kier molecular flexibility index (Phi) is 4.84. The Labute approximate surface area is 169 Å². The Morgan fingerprint density at radius 3 is 2.73 bits per heavy atom. The standard InChI is InChI=1S/C18H11Cl2NO3S2/c19-12-3-1-11(5-13(12)20)8-21-17(22)16(26-18(21)25)7-10-2-4-14-15(6-10)24-9-23-14/h1-7H,8-9H2/b16-7-. The van der Waals surface area contributed by atoms with Gasteiger partial charge in [0.2, 0.25) is 6.79 Å². The van der Waals surface area contributed by atoms with E-state index in [-0.39, 0.29) is 12.7 Å². The van der Waals surface area contributed by atoms with E-state index in [1.165, 1.54) is 11.8 Å². The number of carbonyl (C=O) groups excluding carboxylic acids is 1. The molecule has 1 saturated heterocycles. The molecule has 0 aliphatic carbocycles.